The molecule has 0 bridgehead atoms. The molecule has 1 saturated heterocycles. The van der Waals surface area contributed by atoms with Gasteiger partial charge in [0.15, 0.2) is 5.82 Å². The number of carbonyl (C=O) groups is 1. The summed E-state index contributed by atoms with van der Waals surface area (Å²) in [4.78, 5) is 37.3. The number of anilines is 1. The van der Waals surface area contributed by atoms with E-state index in [0.29, 0.717) is 36.1 Å². The van der Waals surface area contributed by atoms with Gasteiger partial charge in [0.25, 0.3) is 0 Å². The fourth-order valence-corrected chi connectivity index (χ4v) is 4.79. The molecule has 1 unspecified atom stereocenters. The van der Waals surface area contributed by atoms with E-state index >= 15 is 0 Å². The van der Waals surface area contributed by atoms with Gasteiger partial charge in [-0.05, 0) is 37.1 Å². The van der Waals surface area contributed by atoms with Crippen molar-refractivity contribution in [2.75, 3.05) is 57.3 Å². The molecule has 0 spiro atoms. The third kappa shape index (κ3) is 3.84. The molecule has 1 atom stereocenters. The SMILES string of the molecule is Cc1cc2c(cc1C)-n1c(n[nH]c1=O)C1C=CCN=C1N2C(=O)CN1CCN(CCO)CC1. The van der Waals surface area contributed by atoms with Crippen molar-refractivity contribution in [3.63, 3.8) is 0 Å². The maximum Gasteiger partial charge on any atom is 0.348 e. The summed E-state index contributed by atoms with van der Waals surface area (Å²) in [5, 5.41) is 16.1. The summed E-state index contributed by atoms with van der Waals surface area (Å²) in [6, 6.07) is 3.91. The van der Waals surface area contributed by atoms with Crippen LogP contribution in [-0.4, -0.2) is 93.8 Å². The van der Waals surface area contributed by atoms with Crippen LogP contribution in [0.25, 0.3) is 5.69 Å². The van der Waals surface area contributed by atoms with Gasteiger partial charge in [0.05, 0.1) is 37.0 Å². The van der Waals surface area contributed by atoms with Gasteiger partial charge in [-0.25, -0.2) is 14.5 Å². The van der Waals surface area contributed by atoms with E-state index in [1.165, 1.54) is 0 Å². The van der Waals surface area contributed by atoms with Crippen LogP contribution < -0.4 is 10.6 Å². The lowest BCUT2D eigenvalue weighted by atomic mass is 10.0. The van der Waals surface area contributed by atoms with Gasteiger partial charge in [-0.2, -0.15) is 5.10 Å². The van der Waals surface area contributed by atoms with Gasteiger partial charge in [-0.1, -0.05) is 12.2 Å². The number of amides is 1. The topological polar surface area (TPSA) is 110 Å². The second kappa shape index (κ2) is 8.69. The van der Waals surface area contributed by atoms with E-state index in [1.807, 2.05) is 38.1 Å². The summed E-state index contributed by atoms with van der Waals surface area (Å²) >= 11 is 0. The van der Waals surface area contributed by atoms with Crippen LogP contribution in [-0.2, 0) is 4.79 Å². The average molecular weight is 452 g/mol. The van der Waals surface area contributed by atoms with Gasteiger partial charge in [-0.3, -0.25) is 24.5 Å². The highest BCUT2D eigenvalue weighted by Crippen LogP contribution is 2.36. The van der Waals surface area contributed by atoms with E-state index in [9.17, 15) is 14.7 Å². The second-order valence-electron chi connectivity index (χ2n) is 8.82. The molecule has 10 heteroatoms. The third-order valence-corrected chi connectivity index (χ3v) is 6.73. The van der Waals surface area contributed by atoms with Crippen LogP contribution in [0.15, 0.2) is 34.1 Å². The molecule has 1 amide bonds. The minimum Gasteiger partial charge on any atom is -0.395 e. The minimum atomic E-state index is -0.393. The van der Waals surface area contributed by atoms with Crippen LogP contribution in [0, 0.1) is 13.8 Å². The number of dihydropyridines is 1. The number of aromatic nitrogens is 3. The Hall–Kier alpha value is -3.08. The summed E-state index contributed by atoms with van der Waals surface area (Å²) < 4.78 is 1.57. The summed E-state index contributed by atoms with van der Waals surface area (Å²) in [5.74, 6) is 0.670. The fourth-order valence-electron chi connectivity index (χ4n) is 4.79. The molecule has 2 aromatic rings. The molecule has 33 heavy (non-hydrogen) atoms. The van der Waals surface area contributed by atoms with Gasteiger partial charge in [0.2, 0.25) is 5.91 Å². The van der Waals surface area contributed by atoms with Crippen molar-refractivity contribution in [1.29, 1.82) is 0 Å². The van der Waals surface area contributed by atoms with Crippen LogP contribution in [0.1, 0.15) is 22.9 Å². The van der Waals surface area contributed by atoms with Gasteiger partial charge < -0.3 is 5.11 Å². The van der Waals surface area contributed by atoms with E-state index in [2.05, 4.69) is 20.0 Å². The van der Waals surface area contributed by atoms with Gasteiger partial charge >= 0.3 is 5.69 Å². The van der Waals surface area contributed by atoms with Crippen LogP contribution >= 0.6 is 0 Å². The van der Waals surface area contributed by atoms with Gasteiger partial charge in [0.1, 0.15) is 5.84 Å². The summed E-state index contributed by atoms with van der Waals surface area (Å²) in [5.41, 5.74) is 3.03. The molecule has 4 heterocycles. The Morgan fingerprint density at radius 2 is 1.82 bits per heavy atom. The van der Waals surface area contributed by atoms with Crippen LogP contribution in [0.4, 0.5) is 5.69 Å². The monoisotopic (exact) mass is 451 g/mol. The molecule has 5 rings (SSSR count). The normalized spacial score (nSPS) is 20.6. The minimum absolute atomic E-state index is 0.0728. The predicted molar refractivity (Wildman–Crippen MR) is 125 cm³/mol. The number of hydrogen-bond donors (Lipinski definition) is 2. The first kappa shape index (κ1) is 21.7. The Morgan fingerprint density at radius 1 is 1.12 bits per heavy atom. The average Bonchev–Trinajstić information content (AvgIpc) is 3.13. The zero-order chi connectivity index (χ0) is 23.1. The lowest BCUT2D eigenvalue weighted by Crippen LogP contribution is -2.52. The zero-order valence-corrected chi connectivity index (χ0v) is 19.0. The molecule has 3 aliphatic heterocycles. The first-order valence-corrected chi connectivity index (χ1v) is 11.4. The quantitative estimate of drug-likeness (QED) is 0.642. The number of hydrogen-bond acceptors (Lipinski definition) is 7. The smallest absolute Gasteiger partial charge is 0.348 e. The number of H-pyrrole nitrogens is 1. The highest BCUT2D eigenvalue weighted by Gasteiger charge is 2.38. The van der Waals surface area contributed by atoms with Crippen molar-refractivity contribution in [3.05, 3.63) is 51.7 Å². The number of amidine groups is 1. The molecule has 0 radical (unpaired) electrons. The highest BCUT2D eigenvalue weighted by molar-refractivity contribution is 6.21. The van der Waals surface area contributed by atoms with E-state index < -0.39 is 5.92 Å². The number of aliphatic hydroxyl groups excluding tert-OH is 1. The molecular formula is C23H29N7O3. The predicted octanol–water partition coefficient (Wildman–Crippen LogP) is 0.186. The first-order chi connectivity index (χ1) is 16.0. The number of fused-ring (bicyclic) bond motifs is 5. The van der Waals surface area contributed by atoms with Crippen LogP contribution in [0.3, 0.4) is 0 Å². The van der Waals surface area contributed by atoms with Crippen LogP contribution in [0.5, 0.6) is 0 Å². The third-order valence-electron chi connectivity index (χ3n) is 6.73. The van der Waals surface area contributed by atoms with Crippen molar-refractivity contribution in [3.8, 4) is 5.69 Å². The number of aromatic amines is 1. The van der Waals surface area contributed by atoms with Crippen molar-refractivity contribution in [1.82, 2.24) is 24.6 Å². The molecule has 0 saturated carbocycles. The molecule has 1 aromatic heterocycles. The standard InChI is InChI=1S/C23H29N7O3/c1-15-12-18-19(13-16(15)2)30-22(25-26-23(30)33)17-4-3-5-24-21(17)29(18)20(32)14-28-8-6-27(7-9-28)10-11-31/h3-4,12-13,17,31H,5-11,14H2,1-2H3,(H,26,33). The lowest BCUT2D eigenvalue weighted by Gasteiger charge is -2.35. The van der Waals surface area contributed by atoms with Crippen molar-refractivity contribution in [2.45, 2.75) is 19.8 Å². The number of β-amino-alcohol motifs (C(OH)–C–C–N with tert-alkyl or cyclic N) is 1. The number of aliphatic imine (C=N–C) groups is 1. The van der Waals surface area contributed by atoms with Crippen molar-refractivity contribution in [2.24, 2.45) is 4.99 Å². The number of piperazine rings is 1. The van der Waals surface area contributed by atoms with Gasteiger partial charge in [0, 0.05) is 32.7 Å². The lowest BCUT2D eigenvalue weighted by molar-refractivity contribution is -0.119. The maximum absolute atomic E-state index is 13.8. The number of aryl methyl sites for hydroxylation is 2. The Labute approximate surface area is 191 Å². The largest absolute Gasteiger partial charge is 0.395 e. The molecule has 1 fully saturated rings. The number of nitrogens with one attached hydrogen (secondary N) is 1. The molecular weight excluding hydrogens is 422 g/mol. The van der Waals surface area contributed by atoms with Crippen molar-refractivity contribution >= 4 is 17.4 Å². The molecule has 1 aromatic carbocycles. The fraction of sp³-hybridized carbons (Fsp3) is 0.478. The van der Waals surface area contributed by atoms with E-state index in [0.717, 1.165) is 37.3 Å². The number of nitrogens with zero attached hydrogens (tertiary/aromatic N) is 6. The molecule has 174 valence electrons. The Balaban J connectivity index is 1.55. The molecule has 10 nitrogen and oxygen atoms in total. The van der Waals surface area contributed by atoms with Gasteiger partial charge in [-0.15, -0.1) is 0 Å². The van der Waals surface area contributed by atoms with Crippen molar-refractivity contribution < 1.29 is 9.90 Å². The molecule has 2 N–H and O–H groups in total. The Bertz CT molecular complexity index is 1190. The van der Waals surface area contributed by atoms with Crippen LogP contribution in [0.2, 0.25) is 0 Å². The summed E-state index contributed by atoms with van der Waals surface area (Å²) in [7, 11) is 0. The number of rotatable bonds is 4. The first-order valence-electron chi connectivity index (χ1n) is 11.4. The number of carbonyl (C=O) groups excluding carboxylic acids is 1. The number of aliphatic hydroxyl groups is 1. The number of benzene rings is 1. The Kier molecular flexibility index (Phi) is 5.73. The maximum atomic E-state index is 13.8. The Morgan fingerprint density at radius 3 is 2.55 bits per heavy atom. The summed E-state index contributed by atoms with van der Waals surface area (Å²) in [6.45, 7) is 8.69. The molecule has 3 aliphatic rings. The van der Waals surface area contributed by atoms with E-state index in [1.54, 1.807) is 9.47 Å². The zero-order valence-electron chi connectivity index (χ0n) is 19.0. The van der Waals surface area contributed by atoms with E-state index in [-0.39, 0.29) is 24.7 Å². The second-order valence-corrected chi connectivity index (χ2v) is 8.82. The van der Waals surface area contributed by atoms with E-state index in [4.69, 9.17) is 4.99 Å². The summed E-state index contributed by atoms with van der Waals surface area (Å²) in [6.07, 6.45) is 3.90. The highest BCUT2D eigenvalue weighted by atomic mass is 16.3. The molecule has 0 aliphatic carbocycles.